The van der Waals surface area contributed by atoms with Crippen LogP contribution < -0.4 is 16.0 Å². The lowest BCUT2D eigenvalue weighted by molar-refractivity contribution is -0.114. The van der Waals surface area contributed by atoms with Gasteiger partial charge in [-0.2, -0.15) is 0 Å². The van der Waals surface area contributed by atoms with Gasteiger partial charge in [-0.25, -0.2) is 0 Å². The van der Waals surface area contributed by atoms with Crippen LogP contribution >= 0.6 is 11.8 Å². The summed E-state index contributed by atoms with van der Waals surface area (Å²) in [4.78, 5) is 39.3. The second-order valence-corrected chi connectivity index (χ2v) is 10.5. The first kappa shape index (κ1) is 28.4. The van der Waals surface area contributed by atoms with Crippen LogP contribution in [0.1, 0.15) is 32.6 Å². The molecule has 3 amide bonds. The molecule has 0 aliphatic carbocycles. The minimum absolute atomic E-state index is 0.0919. The van der Waals surface area contributed by atoms with Crippen LogP contribution in [-0.4, -0.2) is 23.5 Å². The number of nitrogens with one attached hydrogen (secondary N) is 3. The summed E-state index contributed by atoms with van der Waals surface area (Å²) in [6.45, 7) is 6.01. The van der Waals surface area contributed by atoms with Crippen molar-refractivity contribution in [3.63, 3.8) is 0 Å². The summed E-state index contributed by atoms with van der Waals surface area (Å²) in [7, 11) is 0. The van der Waals surface area contributed by atoms with E-state index in [1.165, 1.54) is 17.3 Å². The van der Waals surface area contributed by atoms with E-state index in [-0.39, 0.29) is 23.3 Å². The molecule has 4 rings (SSSR count). The number of benzene rings is 4. The zero-order chi connectivity index (χ0) is 28.5. The summed E-state index contributed by atoms with van der Waals surface area (Å²) in [6, 6.07) is 29.5. The number of thioether (sulfide) groups is 1. The topological polar surface area (TPSA) is 87.3 Å². The predicted molar refractivity (Wildman–Crippen MR) is 163 cm³/mol. The van der Waals surface area contributed by atoms with Gasteiger partial charge in [-0.15, -0.1) is 11.8 Å². The van der Waals surface area contributed by atoms with Crippen molar-refractivity contribution >= 4 is 46.9 Å². The fourth-order valence-electron chi connectivity index (χ4n) is 3.87. The highest BCUT2D eigenvalue weighted by Crippen LogP contribution is 2.22. The Kier molecular flexibility index (Phi) is 9.54. The van der Waals surface area contributed by atoms with Crippen LogP contribution in [0.2, 0.25) is 0 Å². The molecule has 4 aromatic carbocycles. The van der Waals surface area contributed by atoms with E-state index in [1.54, 1.807) is 42.5 Å². The van der Waals surface area contributed by atoms with Gasteiger partial charge in [-0.1, -0.05) is 54.1 Å². The lowest BCUT2D eigenvalue weighted by Gasteiger charge is -2.12. The Hall–Kier alpha value is -4.62. The monoisotopic (exact) mass is 549 g/mol. The average Bonchev–Trinajstić information content (AvgIpc) is 2.95. The molecule has 0 saturated heterocycles. The van der Waals surface area contributed by atoms with Crippen LogP contribution in [0.5, 0.6) is 0 Å². The maximum absolute atomic E-state index is 13.2. The number of aryl methyl sites for hydroxylation is 3. The minimum atomic E-state index is -0.445. The molecule has 0 unspecified atom stereocenters. The molecule has 0 atom stereocenters. The smallest absolute Gasteiger partial charge is 0.272 e. The Bertz CT molecular complexity index is 1550. The summed E-state index contributed by atoms with van der Waals surface area (Å²) >= 11 is 1.41. The molecule has 6 nitrogen and oxygen atoms in total. The van der Waals surface area contributed by atoms with Crippen molar-refractivity contribution in [2.45, 2.75) is 25.7 Å². The maximum atomic E-state index is 13.2. The van der Waals surface area contributed by atoms with Gasteiger partial charge in [0.05, 0.1) is 5.75 Å². The highest BCUT2D eigenvalue weighted by atomic mass is 32.2. The van der Waals surface area contributed by atoms with Gasteiger partial charge in [0.1, 0.15) is 5.70 Å². The molecule has 0 fully saturated rings. The van der Waals surface area contributed by atoms with Crippen molar-refractivity contribution in [3.8, 4) is 0 Å². The molecule has 40 heavy (non-hydrogen) atoms. The maximum Gasteiger partial charge on any atom is 0.272 e. The number of amides is 3. The van der Waals surface area contributed by atoms with Gasteiger partial charge >= 0.3 is 0 Å². The number of carbonyl (C=O) groups is 3. The van der Waals surface area contributed by atoms with Crippen molar-refractivity contribution in [3.05, 3.63) is 131 Å². The second kappa shape index (κ2) is 13.4. The minimum Gasteiger partial charge on any atom is -0.325 e. The van der Waals surface area contributed by atoms with Crippen LogP contribution in [0.4, 0.5) is 11.4 Å². The van der Waals surface area contributed by atoms with E-state index in [1.807, 2.05) is 81.4 Å². The number of rotatable bonds is 9. The van der Waals surface area contributed by atoms with Crippen LogP contribution in [-0.2, 0) is 9.59 Å². The number of hydrogen-bond donors (Lipinski definition) is 3. The normalized spacial score (nSPS) is 11.0. The van der Waals surface area contributed by atoms with Gasteiger partial charge in [0.25, 0.3) is 11.8 Å². The molecule has 0 spiro atoms. The molecule has 0 heterocycles. The van der Waals surface area contributed by atoms with E-state index in [2.05, 4.69) is 16.0 Å². The third-order valence-electron chi connectivity index (χ3n) is 6.15. The Labute approximate surface area is 238 Å². The van der Waals surface area contributed by atoms with Crippen LogP contribution in [0.3, 0.4) is 0 Å². The third kappa shape index (κ3) is 8.19. The molecule has 0 aliphatic rings. The fourth-order valence-corrected chi connectivity index (χ4v) is 4.57. The van der Waals surface area contributed by atoms with E-state index < -0.39 is 5.91 Å². The Morgan fingerprint density at radius 2 is 1.45 bits per heavy atom. The summed E-state index contributed by atoms with van der Waals surface area (Å²) in [5.74, 6) is -0.654. The molecular formula is C33H31N3O3S. The largest absolute Gasteiger partial charge is 0.325 e. The number of hydrogen-bond acceptors (Lipinski definition) is 4. The van der Waals surface area contributed by atoms with E-state index in [0.717, 1.165) is 27.3 Å². The molecular weight excluding hydrogens is 518 g/mol. The SMILES string of the molecule is Cc1cccc(/C=C(\NC(=O)c2ccccc2)C(=O)Nc2ccc(SCC(=O)Nc3ccc(C)c(C)c3)cc2)c1. The van der Waals surface area contributed by atoms with Crippen LogP contribution in [0.15, 0.2) is 108 Å². The Morgan fingerprint density at radius 3 is 2.15 bits per heavy atom. The summed E-state index contributed by atoms with van der Waals surface area (Å²) in [6.07, 6.45) is 1.65. The molecule has 0 aromatic heterocycles. The molecule has 202 valence electrons. The number of anilines is 2. The highest BCUT2D eigenvalue weighted by molar-refractivity contribution is 8.00. The standard InChI is InChI=1S/C33H31N3O3S/c1-22-8-7-9-25(18-22)20-30(36-32(38)26-10-5-4-6-11-26)33(39)35-27-14-16-29(17-15-27)40-21-31(37)34-28-13-12-23(2)24(3)19-28/h4-20H,21H2,1-3H3,(H,34,37)(H,35,39)(H,36,38)/b30-20-. The van der Waals surface area contributed by atoms with Crippen molar-refractivity contribution in [2.24, 2.45) is 0 Å². The first-order valence-electron chi connectivity index (χ1n) is 12.8. The molecule has 0 saturated carbocycles. The van der Waals surface area contributed by atoms with Crippen molar-refractivity contribution in [2.75, 3.05) is 16.4 Å². The van der Waals surface area contributed by atoms with Crippen molar-refractivity contribution in [1.29, 1.82) is 0 Å². The van der Waals surface area contributed by atoms with Gasteiger partial charge in [-0.05, 0) is 92.1 Å². The van der Waals surface area contributed by atoms with Gasteiger partial charge < -0.3 is 16.0 Å². The first-order chi connectivity index (χ1) is 19.3. The Morgan fingerprint density at radius 1 is 0.725 bits per heavy atom. The summed E-state index contributed by atoms with van der Waals surface area (Å²) < 4.78 is 0. The first-order valence-corrected chi connectivity index (χ1v) is 13.8. The predicted octanol–water partition coefficient (Wildman–Crippen LogP) is 6.75. The molecule has 0 aliphatic heterocycles. The van der Waals surface area contributed by atoms with Gasteiger partial charge in [-0.3, -0.25) is 14.4 Å². The Balaban J connectivity index is 1.40. The summed E-state index contributed by atoms with van der Waals surface area (Å²) in [5, 5.41) is 8.53. The van der Waals surface area contributed by atoms with E-state index in [9.17, 15) is 14.4 Å². The van der Waals surface area contributed by atoms with Crippen LogP contribution in [0, 0.1) is 20.8 Å². The zero-order valence-corrected chi connectivity index (χ0v) is 23.5. The van der Waals surface area contributed by atoms with Gasteiger partial charge in [0.15, 0.2) is 0 Å². The van der Waals surface area contributed by atoms with Gasteiger partial charge in [0, 0.05) is 21.8 Å². The molecule has 3 N–H and O–H groups in total. The van der Waals surface area contributed by atoms with Crippen molar-refractivity contribution < 1.29 is 14.4 Å². The van der Waals surface area contributed by atoms with Crippen LogP contribution in [0.25, 0.3) is 6.08 Å². The van der Waals surface area contributed by atoms with E-state index in [0.29, 0.717) is 11.3 Å². The number of carbonyl (C=O) groups excluding carboxylic acids is 3. The average molecular weight is 550 g/mol. The van der Waals surface area contributed by atoms with Gasteiger partial charge in [0.2, 0.25) is 5.91 Å². The quantitative estimate of drug-likeness (QED) is 0.159. The lowest BCUT2D eigenvalue weighted by Crippen LogP contribution is -2.30. The fraction of sp³-hybridized carbons (Fsp3) is 0.121. The van der Waals surface area contributed by atoms with Crippen molar-refractivity contribution in [1.82, 2.24) is 5.32 Å². The lowest BCUT2D eigenvalue weighted by atomic mass is 10.1. The molecule has 7 heteroatoms. The zero-order valence-electron chi connectivity index (χ0n) is 22.7. The third-order valence-corrected chi connectivity index (χ3v) is 7.17. The molecule has 0 bridgehead atoms. The molecule has 4 aromatic rings. The van der Waals surface area contributed by atoms with E-state index >= 15 is 0 Å². The highest BCUT2D eigenvalue weighted by Gasteiger charge is 2.15. The second-order valence-electron chi connectivity index (χ2n) is 9.41. The molecule has 0 radical (unpaired) electrons. The van der Waals surface area contributed by atoms with E-state index in [4.69, 9.17) is 0 Å². The summed E-state index contributed by atoms with van der Waals surface area (Å²) in [5.41, 5.74) is 6.06.